The van der Waals surface area contributed by atoms with Gasteiger partial charge in [-0.15, -0.1) is 0 Å². The fourth-order valence-corrected chi connectivity index (χ4v) is 4.10. The standard InChI is InChI=1S/C26H29N7O5/c1-26(2,37)23(34)13-30-24(35)19-12-29-21(22-5-4-18-8-16(10-27)11-31-33(18)22)9-20(19)32-17-6-15(7-17)14-38-25(36)28-3/h4-5,8-9,11-12,15,17,37H,6-7,13-14H2,1-3H3,(H,28,36)(H,29,32)(H,30,35). The molecule has 0 unspecified atom stereocenters. The van der Waals surface area contributed by atoms with Gasteiger partial charge in [0, 0.05) is 19.3 Å². The summed E-state index contributed by atoms with van der Waals surface area (Å²) in [5, 5.41) is 31.7. The van der Waals surface area contributed by atoms with Crippen LogP contribution < -0.4 is 16.0 Å². The second kappa shape index (κ2) is 10.9. The first kappa shape index (κ1) is 26.6. The number of nitrogens with zero attached hydrogens (tertiary/aromatic N) is 4. The Bertz CT molecular complexity index is 1410. The van der Waals surface area contributed by atoms with Crippen molar-refractivity contribution in [3.05, 3.63) is 47.8 Å². The first-order valence-corrected chi connectivity index (χ1v) is 12.1. The third kappa shape index (κ3) is 5.90. The number of hydrogen-bond acceptors (Lipinski definition) is 9. The van der Waals surface area contributed by atoms with Gasteiger partial charge in [-0.3, -0.25) is 14.6 Å². The van der Waals surface area contributed by atoms with Crippen LogP contribution in [0.3, 0.4) is 0 Å². The number of aliphatic hydroxyl groups is 1. The van der Waals surface area contributed by atoms with Crippen molar-refractivity contribution < 1.29 is 24.2 Å². The second-order valence-corrected chi connectivity index (χ2v) is 9.72. The van der Waals surface area contributed by atoms with Crippen molar-refractivity contribution in [3.63, 3.8) is 0 Å². The molecule has 198 valence electrons. The van der Waals surface area contributed by atoms with E-state index in [4.69, 9.17) is 10.00 Å². The molecule has 0 atom stereocenters. The number of ketones is 1. The van der Waals surface area contributed by atoms with E-state index >= 15 is 0 Å². The smallest absolute Gasteiger partial charge is 0.406 e. The lowest BCUT2D eigenvalue weighted by atomic mass is 9.80. The lowest BCUT2D eigenvalue weighted by molar-refractivity contribution is -0.132. The van der Waals surface area contributed by atoms with Crippen molar-refractivity contribution >= 4 is 29.0 Å². The quantitative estimate of drug-likeness (QED) is 0.329. The van der Waals surface area contributed by atoms with Crippen LogP contribution in [0.1, 0.15) is 42.6 Å². The van der Waals surface area contributed by atoms with E-state index in [0.29, 0.717) is 29.2 Å². The van der Waals surface area contributed by atoms with Crippen molar-refractivity contribution in [1.29, 1.82) is 5.26 Å². The van der Waals surface area contributed by atoms with E-state index in [-0.39, 0.29) is 24.1 Å². The highest BCUT2D eigenvalue weighted by atomic mass is 16.5. The summed E-state index contributed by atoms with van der Waals surface area (Å²) in [4.78, 5) is 40.9. The predicted molar refractivity (Wildman–Crippen MR) is 137 cm³/mol. The molecule has 3 aromatic rings. The Balaban J connectivity index is 1.57. The van der Waals surface area contributed by atoms with Crippen LogP contribution in [0.25, 0.3) is 16.9 Å². The Morgan fingerprint density at radius 1 is 1.24 bits per heavy atom. The molecule has 0 bridgehead atoms. The molecule has 4 rings (SSSR count). The van der Waals surface area contributed by atoms with Crippen molar-refractivity contribution in [2.75, 3.05) is 25.5 Å². The number of pyridine rings is 1. The number of aromatic nitrogens is 3. The third-order valence-corrected chi connectivity index (χ3v) is 6.38. The molecule has 3 aromatic heterocycles. The molecular formula is C26H29N7O5. The normalized spacial score (nSPS) is 16.7. The number of alkyl carbamates (subject to hydrolysis) is 1. The second-order valence-electron chi connectivity index (χ2n) is 9.72. The van der Waals surface area contributed by atoms with Crippen molar-refractivity contribution in [3.8, 4) is 17.5 Å². The monoisotopic (exact) mass is 519 g/mol. The van der Waals surface area contributed by atoms with E-state index in [2.05, 4.69) is 32.1 Å². The zero-order valence-electron chi connectivity index (χ0n) is 21.3. The molecule has 4 N–H and O–H groups in total. The highest BCUT2D eigenvalue weighted by Gasteiger charge is 2.31. The Hall–Kier alpha value is -4.50. The Labute approximate surface area is 219 Å². The topological polar surface area (TPSA) is 171 Å². The number of Topliss-reactive ketones (excluding diaryl/α,β-unsaturated/α-hetero) is 1. The molecule has 0 saturated heterocycles. The molecule has 2 amide bonds. The van der Waals surface area contributed by atoms with E-state index in [1.165, 1.54) is 33.3 Å². The largest absolute Gasteiger partial charge is 0.449 e. The molecule has 12 nitrogen and oxygen atoms in total. The average molecular weight is 520 g/mol. The van der Waals surface area contributed by atoms with Gasteiger partial charge in [-0.25, -0.2) is 9.31 Å². The van der Waals surface area contributed by atoms with Crippen LogP contribution in [0.5, 0.6) is 0 Å². The first-order valence-electron chi connectivity index (χ1n) is 12.1. The molecular weight excluding hydrogens is 490 g/mol. The van der Waals surface area contributed by atoms with Crippen LogP contribution in [-0.4, -0.2) is 69.3 Å². The molecule has 3 heterocycles. The lowest BCUT2D eigenvalue weighted by Gasteiger charge is -2.36. The number of hydrogen-bond donors (Lipinski definition) is 4. The SMILES string of the molecule is CNC(=O)OCC1CC(Nc2cc(-c3ccc4cc(C#N)cnn34)ncc2C(=O)NCC(=O)C(C)(C)O)C1. The maximum Gasteiger partial charge on any atom is 0.406 e. The van der Waals surface area contributed by atoms with E-state index in [9.17, 15) is 19.5 Å². The van der Waals surface area contributed by atoms with Gasteiger partial charge in [0.2, 0.25) is 0 Å². The number of anilines is 1. The van der Waals surface area contributed by atoms with Gasteiger partial charge in [-0.05, 0) is 56.9 Å². The van der Waals surface area contributed by atoms with Gasteiger partial charge < -0.3 is 25.8 Å². The molecule has 0 spiro atoms. The summed E-state index contributed by atoms with van der Waals surface area (Å²) in [6, 6.07) is 9.20. The average Bonchev–Trinajstić information content (AvgIpc) is 3.30. The number of nitriles is 1. The minimum Gasteiger partial charge on any atom is -0.449 e. The molecule has 1 fully saturated rings. The predicted octanol–water partition coefficient (Wildman–Crippen LogP) is 1.88. The molecule has 0 aliphatic heterocycles. The fourth-order valence-electron chi connectivity index (χ4n) is 4.10. The van der Waals surface area contributed by atoms with Crippen LogP contribution in [0, 0.1) is 17.2 Å². The Kier molecular flexibility index (Phi) is 7.59. The highest BCUT2D eigenvalue weighted by molar-refractivity contribution is 6.02. The minimum absolute atomic E-state index is 0.0356. The Morgan fingerprint density at radius 3 is 2.68 bits per heavy atom. The van der Waals surface area contributed by atoms with Gasteiger partial charge in [0.05, 0.1) is 53.1 Å². The molecule has 1 aliphatic rings. The number of amides is 2. The van der Waals surface area contributed by atoms with Gasteiger partial charge in [-0.2, -0.15) is 10.4 Å². The van der Waals surface area contributed by atoms with Crippen LogP contribution >= 0.6 is 0 Å². The first-order chi connectivity index (χ1) is 18.1. The third-order valence-electron chi connectivity index (χ3n) is 6.38. The van der Waals surface area contributed by atoms with Gasteiger partial charge >= 0.3 is 6.09 Å². The van der Waals surface area contributed by atoms with Crippen molar-refractivity contribution in [2.45, 2.75) is 38.3 Å². The summed E-state index contributed by atoms with van der Waals surface area (Å²) in [7, 11) is 1.50. The number of rotatable bonds is 9. The summed E-state index contributed by atoms with van der Waals surface area (Å²) in [6.45, 7) is 2.70. The highest BCUT2D eigenvalue weighted by Crippen LogP contribution is 2.33. The number of fused-ring (bicyclic) bond motifs is 1. The molecule has 0 radical (unpaired) electrons. The van der Waals surface area contributed by atoms with E-state index < -0.39 is 23.4 Å². The van der Waals surface area contributed by atoms with Crippen LogP contribution in [0.4, 0.5) is 10.5 Å². The van der Waals surface area contributed by atoms with Crippen molar-refractivity contribution in [1.82, 2.24) is 25.2 Å². The van der Waals surface area contributed by atoms with Gasteiger partial charge in [0.1, 0.15) is 11.7 Å². The summed E-state index contributed by atoms with van der Waals surface area (Å²) in [5.41, 5.74) is 1.56. The molecule has 1 saturated carbocycles. The molecule has 12 heteroatoms. The van der Waals surface area contributed by atoms with Gasteiger partial charge in [-0.1, -0.05) is 0 Å². The van der Waals surface area contributed by atoms with E-state index in [1.54, 1.807) is 16.6 Å². The van der Waals surface area contributed by atoms with E-state index in [0.717, 1.165) is 18.4 Å². The number of carbonyl (C=O) groups excluding carboxylic acids is 3. The molecule has 0 aromatic carbocycles. The summed E-state index contributed by atoms with van der Waals surface area (Å²) in [6.07, 6.45) is 3.88. The Morgan fingerprint density at radius 2 is 2.00 bits per heavy atom. The summed E-state index contributed by atoms with van der Waals surface area (Å²) < 4.78 is 6.79. The summed E-state index contributed by atoms with van der Waals surface area (Å²) in [5.74, 6) is -0.842. The molecule has 1 aliphatic carbocycles. The van der Waals surface area contributed by atoms with Crippen molar-refractivity contribution in [2.24, 2.45) is 5.92 Å². The van der Waals surface area contributed by atoms with Crippen LogP contribution in [0.2, 0.25) is 0 Å². The van der Waals surface area contributed by atoms with Gasteiger partial charge in [0.25, 0.3) is 5.91 Å². The molecule has 38 heavy (non-hydrogen) atoms. The van der Waals surface area contributed by atoms with Crippen LogP contribution in [-0.2, 0) is 9.53 Å². The lowest BCUT2D eigenvalue weighted by Crippen LogP contribution is -2.41. The minimum atomic E-state index is -1.57. The number of carbonyl (C=O) groups is 3. The fraction of sp³-hybridized carbons (Fsp3) is 0.385. The van der Waals surface area contributed by atoms with Crippen LogP contribution in [0.15, 0.2) is 36.7 Å². The number of ether oxygens (including phenoxy) is 1. The zero-order valence-corrected chi connectivity index (χ0v) is 21.3. The maximum absolute atomic E-state index is 13.0. The van der Waals surface area contributed by atoms with Gasteiger partial charge in [0.15, 0.2) is 5.78 Å². The zero-order chi connectivity index (χ0) is 27.4. The maximum atomic E-state index is 13.0. The number of nitrogens with one attached hydrogen (secondary N) is 3. The summed E-state index contributed by atoms with van der Waals surface area (Å²) >= 11 is 0. The van der Waals surface area contributed by atoms with E-state index in [1.807, 2.05) is 12.1 Å².